The van der Waals surface area contributed by atoms with Crippen molar-refractivity contribution in [3.8, 4) is 0 Å². The number of oxime groups is 1. The lowest BCUT2D eigenvalue weighted by Gasteiger charge is -2.21. The van der Waals surface area contributed by atoms with E-state index in [1.54, 1.807) is 27.7 Å². The lowest BCUT2D eigenvalue weighted by Crippen LogP contribution is -2.26. The van der Waals surface area contributed by atoms with Crippen molar-refractivity contribution in [2.24, 2.45) is 11.1 Å². The molecular formula is C23H37NO5S. The number of nitrogens with zero attached hydrogens (tertiary/aromatic N) is 1. The van der Waals surface area contributed by atoms with Crippen LogP contribution in [-0.4, -0.2) is 26.2 Å². The van der Waals surface area contributed by atoms with Gasteiger partial charge >= 0.3 is 16.1 Å². The standard InChI is InChI=1S/C23H37NO5S/c1-13(2)18-11-19(14(3)4)22(20(12-18)15(5)6)30(26,27)29-24-21(16(7)8)23(25)28-17(9)10/h11-17H,1-10H3/b24-21-. The van der Waals surface area contributed by atoms with Gasteiger partial charge in [-0.2, -0.15) is 8.42 Å². The fourth-order valence-electron chi connectivity index (χ4n) is 2.96. The van der Waals surface area contributed by atoms with Gasteiger partial charge in [-0.15, -0.1) is 0 Å². The van der Waals surface area contributed by atoms with Crippen molar-refractivity contribution in [2.75, 3.05) is 0 Å². The third-order valence-corrected chi connectivity index (χ3v) is 5.90. The van der Waals surface area contributed by atoms with Crippen LogP contribution in [0.4, 0.5) is 0 Å². The zero-order valence-corrected chi connectivity index (χ0v) is 20.8. The highest BCUT2D eigenvalue weighted by atomic mass is 32.2. The normalized spacial score (nSPS) is 13.1. The van der Waals surface area contributed by atoms with Gasteiger partial charge in [-0.25, -0.2) is 4.79 Å². The number of carbonyl (C=O) groups is 1. The Morgan fingerprint density at radius 2 is 1.30 bits per heavy atom. The summed E-state index contributed by atoms with van der Waals surface area (Å²) in [7, 11) is -4.24. The van der Waals surface area contributed by atoms with Gasteiger partial charge in [0, 0.05) is 5.92 Å². The Morgan fingerprint density at radius 3 is 1.63 bits per heavy atom. The van der Waals surface area contributed by atoms with Crippen LogP contribution in [0, 0.1) is 5.92 Å². The van der Waals surface area contributed by atoms with E-state index < -0.39 is 16.1 Å². The molecule has 0 aliphatic heterocycles. The van der Waals surface area contributed by atoms with Gasteiger partial charge in [0.05, 0.1) is 6.10 Å². The van der Waals surface area contributed by atoms with E-state index >= 15 is 0 Å². The van der Waals surface area contributed by atoms with E-state index in [-0.39, 0.29) is 40.4 Å². The highest BCUT2D eigenvalue weighted by molar-refractivity contribution is 7.86. The second kappa shape index (κ2) is 10.4. The van der Waals surface area contributed by atoms with E-state index in [1.807, 2.05) is 39.8 Å². The minimum absolute atomic E-state index is 0.0333. The number of esters is 1. The van der Waals surface area contributed by atoms with E-state index in [9.17, 15) is 13.2 Å². The molecule has 1 rings (SSSR count). The summed E-state index contributed by atoms with van der Waals surface area (Å²) in [5.41, 5.74) is 2.39. The van der Waals surface area contributed by atoms with Crippen LogP contribution in [-0.2, 0) is 23.9 Å². The third kappa shape index (κ3) is 6.56. The highest BCUT2D eigenvalue weighted by Gasteiger charge is 2.30. The average Bonchev–Trinajstić information content (AvgIpc) is 2.59. The van der Waals surface area contributed by atoms with E-state index in [1.165, 1.54) is 0 Å². The van der Waals surface area contributed by atoms with E-state index in [0.717, 1.165) is 5.56 Å². The van der Waals surface area contributed by atoms with E-state index in [2.05, 4.69) is 19.0 Å². The largest absolute Gasteiger partial charge is 0.458 e. The van der Waals surface area contributed by atoms with Crippen LogP contribution in [0.25, 0.3) is 0 Å². The summed E-state index contributed by atoms with van der Waals surface area (Å²) in [5.74, 6) is -0.848. The first-order valence-corrected chi connectivity index (χ1v) is 12.0. The molecular weight excluding hydrogens is 402 g/mol. The Labute approximate surface area is 182 Å². The van der Waals surface area contributed by atoms with Gasteiger partial charge < -0.3 is 4.74 Å². The predicted octanol–water partition coefficient (Wildman–Crippen LogP) is 5.73. The Morgan fingerprint density at radius 1 is 0.833 bits per heavy atom. The number of carbonyl (C=O) groups excluding carboxylic acids is 1. The summed E-state index contributed by atoms with van der Waals surface area (Å²) in [6, 6.07) is 3.86. The maximum Gasteiger partial charge on any atom is 0.359 e. The predicted molar refractivity (Wildman–Crippen MR) is 120 cm³/mol. The molecule has 0 saturated heterocycles. The molecule has 0 heterocycles. The molecule has 0 saturated carbocycles. The molecule has 1 aromatic rings. The summed E-state index contributed by atoms with van der Waals surface area (Å²) in [4.78, 5) is 12.4. The van der Waals surface area contributed by atoms with Crippen molar-refractivity contribution in [1.29, 1.82) is 0 Å². The van der Waals surface area contributed by atoms with Gasteiger partial charge in [0.25, 0.3) is 0 Å². The number of hydrogen-bond acceptors (Lipinski definition) is 6. The van der Waals surface area contributed by atoms with Crippen LogP contribution in [0.2, 0.25) is 0 Å². The Balaban J connectivity index is 3.59. The molecule has 6 nitrogen and oxygen atoms in total. The van der Waals surface area contributed by atoms with E-state index in [0.29, 0.717) is 11.1 Å². The maximum atomic E-state index is 13.3. The summed E-state index contributed by atoms with van der Waals surface area (Å²) in [6.07, 6.45) is -0.346. The Bertz CT molecular complexity index is 852. The van der Waals surface area contributed by atoms with Crippen LogP contribution in [0.1, 0.15) is 104 Å². The molecule has 0 unspecified atom stereocenters. The highest BCUT2D eigenvalue weighted by Crippen LogP contribution is 2.36. The second-order valence-electron chi connectivity index (χ2n) is 9.11. The first kappa shape index (κ1) is 26.1. The zero-order chi connectivity index (χ0) is 23.4. The van der Waals surface area contributed by atoms with Crippen LogP contribution in [0.5, 0.6) is 0 Å². The van der Waals surface area contributed by atoms with Crippen LogP contribution >= 0.6 is 0 Å². The van der Waals surface area contributed by atoms with Crippen LogP contribution in [0.3, 0.4) is 0 Å². The van der Waals surface area contributed by atoms with Crippen molar-refractivity contribution in [3.63, 3.8) is 0 Å². The molecule has 0 aromatic heterocycles. The van der Waals surface area contributed by atoms with Crippen molar-refractivity contribution in [1.82, 2.24) is 0 Å². The summed E-state index contributed by atoms with van der Waals surface area (Å²) < 4.78 is 36.8. The summed E-state index contributed by atoms with van der Waals surface area (Å²) >= 11 is 0. The lowest BCUT2D eigenvalue weighted by molar-refractivity contribution is -0.139. The summed E-state index contributed by atoms with van der Waals surface area (Å²) in [6.45, 7) is 18.8. The van der Waals surface area contributed by atoms with Crippen molar-refractivity contribution >= 4 is 21.8 Å². The Hall–Kier alpha value is -1.89. The Kier molecular flexibility index (Phi) is 9.08. The van der Waals surface area contributed by atoms with Crippen molar-refractivity contribution in [3.05, 3.63) is 28.8 Å². The number of ether oxygens (including phenoxy) is 1. The maximum absolute atomic E-state index is 13.3. The molecule has 0 fully saturated rings. The molecule has 0 atom stereocenters. The molecule has 0 aliphatic carbocycles. The van der Waals surface area contributed by atoms with Crippen molar-refractivity contribution < 1.29 is 22.2 Å². The molecule has 0 spiro atoms. The second-order valence-corrected chi connectivity index (χ2v) is 10.6. The fourth-order valence-corrected chi connectivity index (χ4v) is 4.38. The molecule has 1 aromatic carbocycles. The first-order valence-electron chi connectivity index (χ1n) is 10.6. The number of benzene rings is 1. The lowest BCUT2D eigenvalue weighted by atomic mass is 9.89. The molecule has 0 bridgehead atoms. The molecule has 0 amide bonds. The number of rotatable bonds is 9. The quantitative estimate of drug-likeness (QED) is 0.279. The van der Waals surface area contributed by atoms with Crippen molar-refractivity contribution in [2.45, 2.75) is 98.0 Å². The van der Waals surface area contributed by atoms with Crippen LogP contribution < -0.4 is 0 Å². The van der Waals surface area contributed by atoms with Gasteiger partial charge in [0.15, 0.2) is 5.71 Å². The van der Waals surface area contributed by atoms with Gasteiger partial charge in [0.1, 0.15) is 4.90 Å². The molecule has 7 heteroatoms. The minimum Gasteiger partial charge on any atom is -0.458 e. The monoisotopic (exact) mass is 439 g/mol. The van der Waals surface area contributed by atoms with Gasteiger partial charge in [0.2, 0.25) is 0 Å². The smallest absolute Gasteiger partial charge is 0.359 e. The van der Waals surface area contributed by atoms with Gasteiger partial charge in [-0.1, -0.05) is 72.7 Å². The topological polar surface area (TPSA) is 82.0 Å². The van der Waals surface area contributed by atoms with E-state index in [4.69, 9.17) is 9.02 Å². The fraction of sp³-hybridized carbons (Fsp3) is 0.652. The summed E-state index contributed by atoms with van der Waals surface area (Å²) in [5, 5.41) is 3.74. The first-order chi connectivity index (χ1) is 13.7. The minimum atomic E-state index is -4.24. The number of hydrogen-bond donors (Lipinski definition) is 0. The third-order valence-electron chi connectivity index (χ3n) is 4.66. The molecule has 30 heavy (non-hydrogen) atoms. The van der Waals surface area contributed by atoms with Gasteiger partial charge in [-0.05, 0) is 48.3 Å². The molecule has 170 valence electrons. The zero-order valence-electron chi connectivity index (χ0n) is 19.9. The van der Waals surface area contributed by atoms with Gasteiger partial charge in [-0.3, -0.25) is 4.28 Å². The molecule has 0 aliphatic rings. The molecule has 0 radical (unpaired) electrons. The molecule has 0 N–H and O–H groups in total. The van der Waals surface area contributed by atoms with Crippen LogP contribution in [0.15, 0.2) is 22.2 Å². The SMILES string of the molecule is CC(C)OC(=O)/C(=N\OS(=O)(=O)c1c(C(C)C)cc(C(C)C)cc1C(C)C)C(C)C. The average molecular weight is 440 g/mol.